The zero-order valence-electron chi connectivity index (χ0n) is 18.9. The third-order valence-corrected chi connectivity index (χ3v) is 7.59. The van der Waals surface area contributed by atoms with Gasteiger partial charge >= 0.3 is 0 Å². The van der Waals surface area contributed by atoms with E-state index in [9.17, 15) is 4.79 Å². The molecule has 0 radical (unpaired) electrons. The van der Waals surface area contributed by atoms with Crippen LogP contribution in [-0.2, 0) is 12.3 Å². The van der Waals surface area contributed by atoms with E-state index in [4.69, 9.17) is 4.52 Å². The molecule has 4 aromatic rings. The first-order chi connectivity index (χ1) is 16.7. The van der Waals surface area contributed by atoms with Crippen molar-refractivity contribution >= 4 is 29.0 Å². The van der Waals surface area contributed by atoms with Gasteiger partial charge in [-0.05, 0) is 24.6 Å². The highest BCUT2D eigenvalue weighted by Gasteiger charge is 2.25. The first-order valence-electron chi connectivity index (χ1n) is 11.2. The third kappa shape index (κ3) is 5.22. The lowest BCUT2D eigenvalue weighted by molar-refractivity contribution is 0.0612. The number of amides is 1. The van der Waals surface area contributed by atoms with Gasteiger partial charge < -0.3 is 9.42 Å². The maximum atomic E-state index is 13.3. The number of rotatable bonds is 7. The van der Waals surface area contributed by atoms with Crippen molar-refractivity contribution in [2.75, 3.05) is 26.2 Å². The lowest BCUT2D eigenvalue weighted by Crippen LogP contribution is -2.48. The molecule has 0 bridgehead atoms. The molecule has 2 aromatic carbocycles. The Morgan fingerprint density at radius 2 is 1.88 bits per heavy atom. The van der Waals surface area contributed by atoms with E-state index >= 15 is 0 Å². The van der Waals surface area contributed by atoms with Crippen LogP contribution in [0.15, 0.2) is 68.8 Å². The van der Waals surface area contributed by atoms with Crippen molar-refractivity contribution in [2.24, 2.45) is 0 Å². The van der Waals surface area contributed by atoms with Crippen LogP contribution >= 0.6 is 23.1 Å². The quantitative estimate of drug-likeness (QED) is 0.345. The molecule has 0 atom stereocenters. The van der Waals surface area contributed by atoms with Gasteiger partial charge in [-0.25, -0.2) is 4.98 Å². The third-order valence-electron chi connectivity index (χ3n) is 5.85. The Bertz CT molecular complexity index is 1250. The van der Waals surface area contributed by atoms with Gasteiger partial charge in [0.1, 0.15) is 0 Å². The van der Waals surface area contributed by atoms with Crippen LogP contribution in [-0.4, -0.2) is 57.0 Å². The molecule has 0 aliphatic carbocycles. The van der Waals surface area contributed by atoms with Crippen molar-refractivity contribution in [1.82, 2.24) is 24.9 Å². The van der Waals surface area contributed by atoms with E-state index in [1.54, 1.807) is 23.1 Å². The van der Waals surface area contributed by atoms with Crippen LogP contribution < -0.4 is 0 Å². The molecule has 1 aliphatic rings. The molecule has 3 heterocycles. The van der Waals surface area contributed by atoms with E-state index in [0.29, 0.717) is 31.3 Å². The number of aromatic nitrogens is 3. The predicted octanol–water partition coefficient (Wildman–Crippen LogP) is 4.75. The summed E-state index contributed by atoms with van der Waals surface area (Å²) in [6, 6.07) is 15.9. The highest BCUT2D eigenvalue weighted by molar-refractivity contribution is 7.98. The molecule has 0 unspecified atom stereocenters. The Balaban J connectivity index is 1.18. The minimum atomic E-state index is 0.0839. The lowest BCUT2D eigenvalue weighted by atomic mass is 10.1. The molecule has 1 amide bonds. The standard InChI is InChI=1S/C25H25N5O2S2/c1-18-6-2-3-7-20(18)24-27-23(32-28-24)14-29-10-12-30(13-11-29)25(31)21-8-4-5-9-22(21)34-16-19-15-33-17-26-19/h2-9,15,17H,10-14,16H2,1H3. The molecule has 1 saturated heterocycles. The molecule has 0 N–H and O–H groups in total. The summed E-state index contributed by atoms with van der Waals surface area (Å²) < 4.78 is 5.50. The van der Waals surface area contributed by atoms with Gasteiger partial charge in [0.2, 0.25) is 11.7 Å². The van der Waals surface area contributed by atoms with E-state index in [1.165, 1.54) is 0 Å². The Hall–Kier alpha value is -3.01. The Labute approximate surface area is 206 Å². The van der Waals surface area contributed by atoms with Gasteiger partial charge in [0.25, 0.3) is 5.91 Å². The van der Waals surface area contributed by atoms with E-state index in [0.717, 1.165) is 46.1 Å². The maximum absolute atomic E-state index is 13.3. The molecule has 0 saturated carbocycles. The zero-order valence-corrected chi connectivity index (χ0v) is 20.5. The van der Waals surface area contributed by atoms with Crippen molar-refractivity contribution in [1.29, 1.82) is 0 Å². The van der Waals surface area contributed by atoms with Gasteiger partial charge in [0.05, 0.1) is 23.3 Å². The van der Waals surface area contributed by atoms with E-state index in [2.05, 4.69) is 20.0 Å². The average molecular weight is 492 g/mol. The number of thioether (sulfide) groups is 1. The summed E-state index contributed by atoms with van der Waals surface area (Å²) in [4.78, 5) is 27.4. The number of carbonyl (C=O) groups excluding carboxylic acids is 1. The fourth-order valence-electron chi connectivity index (χ4n) is 3.95. The number of hydrogen-bond acceptors (Lipinski definition) is 8. The van der Waals surface area contributed by atoms with Crippen molar-refractivity contribution < 1.29 is 9.32 Å². The second-order valence-corrected chi connectivity index (χ2v) is 9.90. The summed E-state index contributed by atoms with van der Waals surface area (Å²) in [6.45, 7) is 5.49. The van der Waals surface area contributed by atoms with Gasteiger partial charge in [-0.2, -0.15) is 4.98 Å². The second kappa shape index (κ2) is 10.5. The molecule has 174 valence electrons. The number of piperazine rings is 1. The van der Waals surface area contributed by atoms with Crippen LogP contribution in [0.25, 0.3) is 11.4 Å². The molecule has 1 fully saturated rings. The summed E-state index contributed by atoms with van der Waals surface area (Å²) >= 11 is 3.25. The average Bonchev–Trinajstić information content (AvgIpc) is 3.56. The summed E-state index contributed by atoms with van der Waals surface area (Å²) in [5.41, 5.74) is 5.74. The maximum Gasteiger partial charge on any atom is 0.255 e. The van der Waals surface area contributed by atoms with Crippen LogP contribution in [0, 0.1) is 6.92 Å². The van der Waals surface area contributed by atoms with Crippen LogP contribution in [0.3, 0.4) is 0 Å². The summed E-state index contributed by atoms with van der Waals surface area (Å²) in [5.74, 6) is 2.06. The smallest absolute Gasteiger partial charge is 0.255 e. The van der Waals surface area contributed by atoms with Crippen LogP contribution in [0.1, 0.15) is 27.5 Å². The molecule has 1 aliphatic heterocycles. The number of carbonyl (C=O) groups is 1. The normalized spacial score (nSPS) is 14.4. The van der Waals surface area contributed by atoms with Crippen molar-refractivity contribution in [3.05, 3.63) is 82.1 Å². The van der Waals surface area contributed by atoms with Crippen LogP contribution in [0.4, 0.5) is 0 Å². The molecular formula is C25H25N5O2S2. The monoisotopic (exact) mass is 491 g/mol. The number of nitrogens with zero attached hydrogens (tertiary/aromatic N) is 5. The Kier molecular flexibility index (Phi) is 7.03. The van der Waals surface area contributed by atoms with Gasteiger partial charge in [-0.15, -0.1) is 23.1 Å². The Morgan fingerprint density at radius 3 is 2.68 bits per heavy atom. The summed E-state index contributed by atoms with van der Waals surface area (Å²) in [7, 11) is 0. The molecular weight excluding hydrogens is 466 g/mol. The van der Waals surface area contributed by atoms with Gasteiger partial charge in [-0.1, -0.05) is 41.6 Å². The first-order valence-corrected chi connectivity index (χ1v) is 13.1. The lowest BCUT2D eigenvalue weighted by Gasteiger charge is -2.34. The molecule has 34 heavy (non-hydrogen) atoms. The number of hydrogen-bond donors (Lipinski definition) is 0. The molecule has 9 heteroatoms. The fourth-order valence-corrected chi connectivity index (χ4v) is 5.56. The van der Waals surface area contributed by atoms with Crippen LogP contribution in [0.5, 0.6) is 0 Å². The van der Waals surface area contributed by atoms with Gasteiger partial charge in [-0.3, -0.25) is 9.69 Å². The van der Waals surface area contributed by atoms with Crippen molar-refractivity contribution in [3.63, 3.8) is 0 Å². The molecule has 2 aromatic heterocycles. The minimum Gasteiger partial charge on any atom is -0.338 e. The minimum absolute atomic E-state index is 0.0839. The second-order valence-electron chi connectivity index (χ2n) is 8.16. The zero-order chi connectivity index (χ0) is 23.3. The molecule has 7 nitrogen and oxygen atoms in total. The molecule has 0 spiro atoms. The van der Waals surface area contributed by atoms with E-state index < -0.39 is 0 Å². The number of aryl methyl sites for hydroxylation is 1. The highest BCUT2D eigenvalue weighted by Crippen LogP contribution is 2.27. The first kappa shape index (κ1) is 22.8. The highest BCUT2D eigenvalue weighted by atomic mass is 32.2. The number of benzene rings is 2. The van der Waals surface area contributed by atoms with Crippen LogP contribution in [0.2, 0.25) is 0 Å². The van der Waals surface area contributed by atoms with E-state index in [-0.39, 0.29) is 5.91 Å². The summed E-state index contributed by atoms with van der Waals surface area (Å²) in [5, 5.41) is 6.20. The van der Waals surface area contributed by atoms with Gasteiger partial charge in [0, 0.05) is 47.8 Å². The summed E-state index contributed by atoms with van der Waals surface area (Å²) in [6.07, 6.45) is 0. The fraction of sp³-hybridized carbons (Fsp3) is 0.280. The number of thiazole rings is 1. The SMILES string of the molecule is Cc1ccccc1-c1noc(CN2CCN(C(=O)c3ccccc3SCc3cscn3)CC2)n1. The Morgan fingerprint density at radius 1 is 1.09 bits per heavy atom. The predicted molar refractivity (Wildman–Crippen MR) is 134 cm³/mol. The van der Waals surface area contributed by atoms with E-state index in [1.807, 2.05) is 71.2 Å². The van der Waals surface area contributed by atoms with Crippen molar-refractivity contribution in [3.8, 4) is 11.4 Å². The topological polar surface area (TPSA) is 75.4 Å². The van der Waals surface area contributed by atoms with Gasteiger partial charge in [0.15, 0.2) is 0 Å². The molecule has 5 rings (SSSR count). The van der Waals surface area contributed by atoms with Crippen molar-refractivity contribution in [2.45, 2.75) is 24.1 Å². The largest absolute Gasteiger partial charge is 0.338 e.